The molecule has 0 unspecified atom stereocenters. The van der Waals surface area contributed by atoms with Gasteiger partial charge >= 0.3 is 5.97 Å². The van der Waals surface area contributed by atoms with Crippen molar-refractivity contribution in [3.05, 3.63) is 101 Å². The Bertz CT molecular complexity index is 2060. The van der Waals surface area contributed by atoms with Crippen LogP contribution in [0.3, 0.4) is 0 Å². The van der Waals surface area contributed by atoms with Crippen molar-refractivity contribution >= 4 is 51.0 Å². The topological polar surface area (TPSA) is 111 Å². The minimum atomic E-state index is -3.77. The van der Waals surface area contributed by atoms with Gasteiger partial charge in [-0.1, -0.05) is 49.1 Å². The predicted molar refractivity (Wildman–Crippen MR) is 188 cm³/mol. The molecule has 8 nitrogen and oxygen atoms in total. The summed E-state index contributed by atoms with van der Waals surface area (Å²) in [5, 5.41) is 10.1. The molecule has 252 valence electrons. The molecule has 1 aromatic heterocycles. The fourth-order valence-corrected chi connectivity index (χ4v) is 7.63. The van der Waals surface area contributed by atoms with Crippen LogP contribution in [-0.4, -0.2) is 35.1 Å². The van der Waals surface area contributed by atoms with Crippen LogP contribution in [0.15, 0.2) is 83.8 Å². The van der Waals surface area contributed by atoms with Crippen molar-refractivity contribution in [3.8, 4) is 28.3 Å². The maximum absolute atomic E-state index is 15.9. The summed E-state index contributed by atoms with van der Waals surface area (Å²) < 4.78 is 52.6. The number of rotatable bonds is 10. The maximum atomic E-state index is 15.9. The van der Waals surface area contributed by atoms with E-state index in [2.05, 4.69) is 9.29 Å². The minimum absolute atomic E-state index is 0. The third kappa shape index (κ3) is 7.52. The maximum Gasteiger partial charge on any atom is 0.335 e. The van der Waals surface area contributed by atoms with Crippen molar-refractivity contribution in [1.82, 2.24) is 14.3 Å². The van der Waals surface area contributed by atoms with Gasteiger partial charge in [0.2, 0.25) is 10.0 Å². The van der Waals surface area contributed by atoms with Crippen molar-refractivity contribution in [3.63, 3.8) is 0 Å². The second kappa shape index (κ2) is 14.7. The Balaban J connectivity index is 0.00000451. The Morgan fingerprint density at radius 1 is 1.00 bits per heavy atom. The third-order valence-electron chi connectivity index (χ3n) is 8.39. The van der Waals surface area contributed by atoms with Crippen molar-refractivity contribution < 1.29 is 27.4 Å². The zero-order valence-corrected chi connectivity index (χ0v) is 28.8. The van der Waals surface area contributed by atoms with E-state index in [1.54, 1.807) is 68.4 Å². The first kappa shape index (κ1) is 35.3. The number of carbonyl (C=O) groups is 1. The van der Waals surface area contributed by atoms with E-state index in [0.29, 0.717) is 21.9 Å². The number of carboxylic acid groups (broad SMARTS) is 1. The fourth-order valence-electron chi connectivity index (χ4n) is 6.20. The molecule has 0 saturated heterocycles. The first-order valence-electron chi connectivity index (χ1n) is 15.6. The number of benzene rings is 4. The average molecular weight is 713 g/mol. The van der Waals surface area contributed by atoms with Gasteiger partial charge in [-0.15, -0.1) is 12.4 Å². The Hall–Kier alpha value is -3.96. The number of halogens is 3. The van der Waals surface area contributed by atoms with Gasteiger partial charge in [0.15, 0.2) is 0 Å². The summed E-state index contributed by atoms with van der Waals surface area (Å²) in [5.41, 5.74) is 3.85. The molecule has 6 rings (SSSR count). The van der Waals surface area contributed by atoms with Crippen LogP contribution >= 0.6 is 24.0 Å². The van der Waals surface area contributed by atoms with E-state index in [9.17, 15) is 18.3 Å². The lowest BCUT2D eigenvalue weighted by molar-refractivity contribution is 0.0697. The lowest BCUT2D eigenvalue weighted by atomic mass is 9.94. The first-order chi connectivity index (χ1) is 22.5. The molecule has 5 aromatic rings. The number of imidazole rings is 1. The van der Waals surface area contributed by atoms with E-state index in [0.717, 1.165) is 48.7 Å². The van der Waals surface area contributed by atoms with Crippen molar-refractivity contribution in [2.75, 3.05) is 0 Å². The monoisotopic (exact) mass is 711 g/mol. The summed E-state index contributed by atoms with van der Waals surface area (Å²) in [4.78, 5) is 16.5. The largest absolute Gasteiger partial charge is 0.489 e. The minimum Gasteiger partial charge on any atom is -0.489 e. The molecule has 1 heterocycles. The van der Waals surface area contributed by atoms with Crippen LogP contribution in [0.1, 0.15) is 67.9 Å². The van der Waals surface area contributed by atoms with Crippen LogP contribution in [0.4, 0.5) is 4.39 Å². The molecule has 0 aliphatic heterocycles. The van der Waals surface area contributed by atoms with Gasteiger partial charge in [0, 0.05) is 23.2 Å². The SMILES string of the molecule is CC(C)NS(=O)(=O)c1ccc(-c2ccc(Cl)cc2)c(COc2ccc(-c3nc4cc(C(=O)O)ccc4n3C3CCCCC3)c(F)c2)c1.Cl. The summed E-state index contributed by atoms with van der Waals surface area (Å²) in [6.45, 7) is 3.47. The van der Waals surface area contributed by atoms with Crippen LogP contribution < -0.4 is 9.46 Å². The zero-order chi connectivity index (χ0) is 33.3. The van der Waals surface area contributed by atoms with Gasteiger partial charge in [0.25, 0.3) is 0 Å². The predicted octanol–water partition coefficient (Wildman–Crippen LogP) is 9.05. The van der Waals surface area contributed by atoms with E-state index in [1.165, 1.54) is 12.1 Å². The molecular formula is C36H36Cl2FN3O5S. The zero-order valence-electron chi connectivity index (χ0n) is 26.4. The van der Waals surface area contributed by atoms with Gasteiger partial charge in [-0.3, -0.25) is 0 Å². The number of hydrogen-bond donors (Lipinski definition) is 2. The van der Waals surface area contributed by atoms with Crippen LogP contribution in [0.25, 0.3) is 33.5 Å². The second-order valence-electron chi connectivity index (χ2n) is 12.1. The van der Waals surface area contributed by atoms with E-state index in [-0.39, 0.29) is 52.9 Å². The van der Waals surface area contributed by atoms with Gasteiger partial charge in [-0.05, 0) is 98.0 Å². The number of nitrogens with one attached hydrogen (secondary N) is 1. The number of aromatic carboxylic acids is 1. The van der Waals surface area contributed by atoms with Gasteiger partial charge in [0.05, 0.1) is 27.1 Å². The highest BCUT2D eigenvalue weighted by molar-refractivity contribution is 7.89. The lowest BCUT2D eigenvalue weighted by Gasteiger charge is -2.25. The Kier molecular flexibility index (Phi) is 10.8. The molecule has 48 heavy (non-hydrogen) atoms. The van der Waals surface area contributed by atoms with E-state index in [1.807, 2.05) is 12.1 Å². The van der Waals surface area contributed by atoms with E-state index >= 15 is 4.39 Å². The van der Waals surface area contributed by atoms with Crippen LogP contribution in [-0.2, 0) is 16.6 Å². The number of carboxylic acids is 1. The second-order valence-corrected chi connectivity index (χ2v) is 14.3. The molecule has 4 aromatic carbocycles. The molecule has 12 heteroatoms. The van der Waals surface area contributed by atoms with Crippen LogP contribution in [0, 0.1) is 5.82 Å². The van der Waals surface area contributed by atoms with Crippen LogP contribution in [0.5, 0.6) is 5.75 Å². The molecule has 1 saturated carbocycles. The molecule has 1 aliphatic carbocycles. The summed E-state index contributed by atoms with van der Waals surface area (Å²) in [6.07, 6.45) is 5.12. The summed E-state index contributed by atoms with van der Waals surface area (Å²) in [6, 6.07) is 21.3. The van der Waals surface area contributed by atoms with Gasteiger partial charge in [-0.25, -0.2) is 27.3 Å². The van der Waals surface area contributed by atoms with Gasteiger partial charge < -0.3 is 14.4 Å². The summed E-state index contributed by atoms with van der Waals surface area (Å²) in [5.74, 6) is -0.884. The quantitative estimate of drug-likeness (QED) is 0.150. The number of nitrogens with zero attached hydrogens (tertiary/aromatic N) is 2. The molecule has 0 atom stereocenters. The van der Waals surface area contributed by atoms with Gasteiger partial charge in [0.1, 0.15) is 24.0 Å². The first-order valence-corrected chi connectivity index (χ1v) is 17.5. The van der Waals surface area contributed by atoms with Crippen molar-refractivity contribution in [2.45, 2.75) is 69.5 Å². The Morgan fingerprint density at radius 2 is 1.71 bits per heavy atom. The number of ether oxygens (including phenoxy) is 1. The Morgan fingerprint density at radius 3 is 2.38 bits per heavy atom. The highest BCUT2D eigenvalue weighted by Crippen LogP contribution is 2.38. The summed E-state index contributed by atoms with van der Waals surface area (Å²) in [7, 11) is -3.77. The van der Waals surface area contributed by atoms with Crippen LogP contribution in [0.2, 0.25) is 5.02 Å². The standard InChI is InChI=1S/C36H35ClFN3O5S.ClH/c1-22(2)40-47(44,45)29-14-16-30(23-8-11-26(37)12-9-23)25(18-29)21-46-28-13-15-31(32(38)20-28)35-39-33-19-24(36(42)43)10-17-34(33)41(35)27-6-4-3-5-7-27;/h8-20,22,27,40H,3-7,21H2,1-2H3,(H,42,43);1H. The molecule has 1 fully saturated rings. The van der Waals surface area contributed by atoms with Gasteiger partial charge in [-0.2, -0.15) is 0 Å². The average Bonchev–Trinajstić information content (AvgIpc) is 3.42. The van der Waals surface area contributed by atoms with E-state index in [4.69, 9.17) is 21.3 Å². The molecule has 1 aliphatic rings. The van der Waals surface area contributed by atoms with Crippen molar-refractivity contribution in [2.24, 2.45) is 0 Å². The van der Waals surface area contributed by atoms with Crippen molar-refractivity contribution in [1.29, 1.82) is 0 Å². The fraction of sp³-hybridized carbons (Fsp3) is 0.278. The molecule has 0 bridgehead atoms. The number of aromatic nitrogens is 2. The Labute approximate surface area is 290 Å². The third-order valence-corrected chi connectivity index (χ3v) is 10.3. The van der Waals surface area contributed by atoms with E-state index < -0.39 is 21.8 Å². The summed E-state index contributed by atoms with van der Waals surface area (Å²) >= 11 is 6.10. The lowest BCUT2D eigenvalue weighted by Crippen LogP contribution is -2.30. The smallest absolute Gasteiger partial charge is 0.335 e. The normalized spacial score (nSPS) is 13.9. The molecule has 0 radical (unpaired) electrons. The molecular weight excluding hydrogens is 676 g/mol. The molecule has 0 amide bonds. The highest BCUT2D eigenvalue weighted by Gasteiger charge is 2.25. The number of hydrogen-bond acceptors (Lipinski definition) is 5. The molecule has 0 spiro atoms. The number of sulfonamides is 1. The highest BCUT2D eigenvalue weighted by atomic mass is 35.5. The molecule has 2 N–H and O–H groups in total. The number of fused-ring (bicyclic) bond motifs is 1.